The van der Waals surface area contributed by atoms with Gasteiger partial charge in [-0.25, -0.2) is 0 Å². The Morgan fingerprint density at radius 2 is 1.08 bits per heavy atom. The minimum atomic E-state index is 0.279. The number of rotatable bonds is 6. The molecule has 1 aliphatic heterocycles. The minimum absolute atomic E-state index is 0.279. The summed E-state index contributed by atoms with van der Waals surface area (Å²) in [4.78, 5) is 9.99. The molecule has 0 spiro atoms. The van der Waals surface area contributed by atoms with Gasteiger partial charge in [-0.05, 0) is 86.0 Å². The van der Waals surface area contributed by atoms with Gasteiger partial charge in [-0.1, -0.05) is 171 Å². The number of benzene rings is 7. The van der Waals surface area contributed by atoms with Gasteiger partial charge in [0.1, 0.15) is 0 Å². The minimum Gasteiger partial charge on any atom is -0.256 e. The van der Waals surface area contributed by atoms with E-state index in [1.54, 1.807) is 0 Å². The van der Waals surface area contributed by atoms with Crippen LogP contribution >= 0.6 is 0 Å². The van der Waals surface area contributed by atoms with Gasteiger partial charge in [-0.3, -0.25) is 9.98 Å². The van der Waals surface area contributed by atoms with Crippen molar-refractivity contribution in [3.63, 3.8) is 0 Å². The molecule has 9 rings (SSSR count). The molecule has 0 bridgehead atoms. The van der Waals surface area contributed by atoms with Crippen LogP contribution in [0, 0.1) is 5.92 Å². The summed E-state index contributed by atoms with van der Waals surface area (Å²) in [5.41, 5.74) is 15.0. The van der Waals surface area contributed by atoms with E-state index >= 15 is 0 Å². The summed E-state index contributed by atoms with van der Waals surface area (Å²) in [5, 5.41) is 3.63. The Labute approximate surface area is 311 Å². The van der Waals surface area contributed by atoms with Crippen LogP contribution in [0.3, 0.4) is 0 Å². The molecule has 0 saturated carbocycles. The number of aromatic nitrogens is 1. The summed E-state index contributed by atoms with van der Waals surface area (Å²) >= 11 is 0. The fourth-order valence-electron chi connectivity index (χ4n) is 7.45. The number of aliphatic imine (C=N–C) groups is 1. The van der Waals surface area contributed by atoms with E-state index in [2.05, 4.69) is 194 Å². The zero-order valence-corrected chi connectivity index (χ0v) is 29.7. The first-order valence-electron chi connectivity index (χ1n) is 18.4. The first-order chi connectivity index (χ1) is 26.2. The lowest BCUT2D eigenvalue weighted by Gasteiger charge is -2.19. The molecule has 2 heterocycles. The van der Waals surface area contributed by atoms with Crippen LogP contribution < -0.4 is 0 Å². The largest absolute Gasteiger partial charge is 0.256 e. The highest BCUT2D eigenvalue weighted by molar-refractivity contribution is 6.06. The van der Waals surface area contributed by atoms with E-state index in [1.807, 2.05) is 12.3 Å². The van der Waals surface area contributed by atoms with Gasteiger partial charge >= 0.3 is 0 Å². The summed E-state index contributed by atoms with van der Waals surface area (Å²) in [6.07, 6.45) is 7.51. The number of pyridine rings is 1. The predicted octanol–water partition coefficient (Wildman–Crippen LogP) is 13.3. The predicted molar refractivity (Wildman–Crippen MR) is 225 cm³/mol. The second kappa shape index (κ2) is 14.2. The topological polar surface area (TPSA) is 25.2 Å². The monoisotopic (exact) mass is 678 g/mol. The van der Waals surface area contributed by atoms with Crippen molar-refractivity contribution in [2.45, 2.75) is 13.3 Å². The summed E-state index contributed by atoms with van der Waals surface area (Å²) in [5.74, 6) is 0.279. The normalized spacial score (nSPS) is 16.5. The highest BCUT2D eigenvalue weighted by Crippen LogP contribution is 2.35. The van der Waals surface area contributed by atoms with E-state index in [0.717, 1.165) is 39.9 Å². The smallest absolute Gasteiger partial charge is 0.0711 e. The zero-order chi connectivity index (χ0) is 35.6. The van der Waals surface area contributed by atoms with Gasteiger partial charge in [-0.15, -0.1) is 0 Å². The zero-order valence-electron chi connectivity index (χ0n) is 29.7. The van der Waals surface area contributed by atoms with Crippen LogP contribution in [0.4, 0.5) is 0 Å². The second-order valence-electron chi connectivity index (χ2n) is 13.9. The summed E-state index contributed by atoms with van der Waals surface area (Å²) < 4.78 is 0. The lowest BCUT2D eigenvalue weighted by molar-refractivity contribution is 0.791. The molecule has 0 aliphatic carbocycles. The second-order valence-corrected chi connectivity index (χ2v) is 13.9. The fourth-order valence-corrected chi connectivity index (χ4v) is 7.45. The van der Waals surface area contributed by atoms with Crippen LogP contribution in [-0.4, -0.2) is 10.7 Å². The van der Waals surface area contributed by atoms with Crippen molar-refractivity contribution >= 4 is 38.7 Å². The van der Waals surface area contributed by atoms with Gasteiger partial charge in [0.15, 0.2) is 0 Å². The lowest BCUT2D eigenvalue weighted by Crippen LogP contribution is -2.13. The Morgan fingerprint density at radius 3 is 1.85 bits per heavy atom. The number of nitrogens with zero attached hydrogens (tertiary/aromatic N) is 2. The first-order valence-corrected chi connectivity index (χ1v) is 18.4. The van der Waals surface area contributed by atoms with Crippen molar-refractivity contribution in [1.82, 2.24) is 4.98 Å². The molecule has 1 unspecified atom stereocenters. The molecule has 53 heavy (non-hydrogen) atoms. The quantitative estimate of drug-likeness (QED) is 0.172. The molecular formula is C51H38N2. The van der Waals surface area contributed by atoms with Crippen molar-refractivity contribution in [3.05, 3.63) is 211 Å². The van der Waals surface area contributed by atoms with Crippen LogP contribution in [0.1, 0.15) is 30.0 Å². The lowest BCUT2D eigenvalue weighted by atomic mass is 9.90. The molecule has 1 atom stereocenters. The van der Waals surface area contributed by atoms with Gasteiger partial charge in [-0.2, -0.15) is 0 Å². The molecule has 0 radical (unpaired) electrons. The molecule has 1 aromatic heterocycles. The first kappa shape index (κ1) is 32.3. The van der Waals surface area contributed by atoms with E-state index in [1.165, 1.54) is 55.3 Å². The highest BCUT2D eigenvalue weighted by atomic mass is 14.8. The van der Waals surface area contributed by atoms with Crippen LogP contribution in [0.15, 0.2) is 199 Å². The molecule has 0 saturated heterocycles. The SMILES string of the molecule is CC1C/C=C(c2ccc(-c3ccc4c(-c5ccc(-c6cnc7ccccc7c6)cc5)cccc4c3)cc2)/C=C(/c2ccccc2)N=C1c1ccccc1. The van der Waals surface area contributed by atoms with Gasteiger partial charge in [0, 0.05) is 28.6 Å². The molecule has 0 amide bonds. The molecule has 8 aromatic rings. The van der Waals surface area contributed by atoms with Crippen molar-refractivity contribution in [2.75, 3.05) is 0 Å². The number of para-hydroxylation sites is 1. The third-order valence-electron chi connectivity index (χ3n) is 10.4. The average Bonchev–Trinajstić information content (AvgIpc) is 3.23. The molecule has 0 fully saturated rings. The number of hydrogen-bond acceptors (Lipinski definition) is 2. The van der Waals surface area contributed by atoms with E-state index in [4.69, 9.17) is 4.99 Å². The highest BCUT2D eigenvalue weighted by Gasteiger charge is 2.17. The van der Waals surface area contributed by atoms with Crippen LogP contribution in [-0.2, 0) is 0 Å². The van der Waals surface area contributed by atoms with Crippen LogP contribution in [0.5, 0.6) is 0 Å². The Kier molecular flexibility index (Phi) is 8.63. The van der Waals surface area contributed by atoms with Crippen molar-refractivity contribution in [1.29, 1.82) is 0 Å². The Bertz CT molecular complexity index is 2670. The summed E-state index contributed by atoms with van der Waals surface area (Å²) in [6.45, 7) is 2.28. The van der Waals surface area contributed by atoms with Gasteiger partial charge < -0.3 is 0 Å². The Balaban J connectivity index is 1.000. The van der Waals surface area contributed by atoms with Gasteiger partial charge in [0.25, 0.3) is 0 Å². The van der Waals surface area contributed by atoms with Crippen LogP contribution in [0.2, 0.25) is 0 Å². The molecule has 0 N–H and O–H groups in total. The number of hydrogen-bond donors (Lipinski definition) is 0. The fraction of sp³-hybridized carbons (Fsp3) is 0.0588. The molecular weight excluding hydrogens is 641 g/mol. The maximum absolute atomic E-state index is 5.32. The maximum atomic E-state index is 5.32. The third kappa shape index (κ3) is 6.64. The number of allylic oxidation sites excluding steroid dienone is 3. The molecule has 2 nitrogen and oxygen atoms in total. The van der Waals surface area contributed by atoms with E-state index < -0.39 is 0 Å². The summed E-state index contributed by atoms with van der Waals surface area (Å²) in [6, 6.07) is 62.9. The van der Waals surface area contributed by atoms with Crippen molar-refractivity contribution in [2.24, 2.45) is 10.9 Å². The molecule has 252 valence electrons. The Hall–Kier alpha value is -6.64. The van der Waals surface area contributed by atoms with E-state index in [0.29, 0.717) is 0 Å². The molecule has 2 heteroatoms. The van der Waals surface area contributed by atoms with E-state index in [9.17, 15) is 0 Å². The maximum Gasteiger partial charge on any atom is 0.0711 e. The molecule has 1 aliphatic rings. The van der Waals surface area contributed by atoms with Gasteiger partial charge in [0.2, 0.25) is 0 Å². The Morgan fingerprint density at radius 1 is 0.472 bits per heavy atom. The average molecular weight is 679 g/mol. The summed E-state index contributed by atoms with van der Waals surface area (Å²) in [7, 11) is 0. The van der Waals surface area contributed by atoms with Crippen LogP contribution in [0.25, 0.3) is 66.3 Å². The van der Waals surface area contributed by atoms with Crippen molar-refractivity contribution < 1.29 is 0 Å². The number of fused-ring (bicyclic) bond motifs is 2. The third-order valence-corrected chi connectivity index (χ3v) is 10.4. The van der Waals surface area contributed by atoms with Crippen molar-refractivity contribution in [3.8, 4) is 33.4 Å². The van der Waals surface area contributed by atoms with Gasteiger partial charge in [0.05, 0.1) is 16.9 Å². The standard InChI is InChI=1S/C51H38N2/c1-35-19-20-43(33-50(40-11-4-2-5-12-40)53-51(35)41-13-6-3-7-14-41)37-23-21-36(22-24-37)42-29-30-48-44(31-42)16-10-17-47(48)39-27-25-38(26-28-39)46-32-45-15-8-9-18-49(45)52-34-46/h2-18,20-35H,19H2,1H3/b43-20-,50-33-,53-51?. The molecule has 7 aromatic carbocycles. The van der Waals surface area contributed by atoms with E-state index in [-0.39, 0.29) is 5.92 Å².